The van der Waals surface area contributed by atoms with E-state index in [0.29, 0.717) is 0 Å². The molecule has 1 aromatic carbocycles. The third kappa shape index (κ3) is 3.16. The summed E-state index contributed by atoms with van der Waals surface area (Å²) < 4.78 is 13.2. The van der Waals surface area contributed by atoms with Crippen LogP contribution in [-0.2, 0) is 0 Å². The number of rotatable bonds is 4. The molecule has 1 unspecified atom stereocenters. The molecule has 1 fully saturated rings. The van der Waals surface area contributed by atoms with E-state index in [2.05, 4.69) is 0 Å². The monoisotopic (exact) mass is 287 g/mol. The van der Waals surface area contributed by atoms with Gasteiger partial charge in [-0.15, -0.1) is 0 Å². The zero-order valence-corrected chi connectivity index (χ0v) is 11.2. The number of likely N-dealkylation sites (N-methyl/N-ethyl adjacent to an activating group) is 1. The SMILES string of the molecule is CN(CC(O)C1CC1)C(=O)c1cc(F)cc(Cl)c1O. The maximum atomic E-state index is 13.2. The molecule has 1 aliphatic carbocycles. The Kier molecular flexibility index (Phi) is 3.96. The van der Waals surface area contributed by atoms with Gasteiger partial charge in [-0.25, -0.2) is 4.39 Å². The van der Waals surface area contributed by atoms with E-state index in [1.54, 1.807) is 0 Å². The number of aliphatic hydroxyl groups excluding tert-OH is 1. The average molecular weight is 288 g/mol. The first-order valence-corrected chi connectivity index (χ1v) is 6.39. The van der Waals surface area contributed by atoms with Gasteiger partial charge in [-0.1, -0.05) is 11.6 Å². The van der Waals surface area contributed by atoms with Crippen molar-refractivity contribution >= 4 is 17.5 Å². The summed E-state index contributed by atoms with van der Waals surface area (Å²) in [6.45, 7) is 0.150. The molecule has 0 aromatic heterocycles. The molecule has 1 amide bonds. The van der Waals surface area contributed by atoms with Crippen LogP contribution in [-0.4, -0.2) is 40.7 Å². The highest BCUT2D eigenvalue weighted by atomic mass is 35.5. The van der Waals surface area contributed by atoms with Gasteiger partial charge in [0.1, 0.15) is 11.6 Å². The fourth-order valence-electron chi connectivity index (χ4n) is 1.93. The van der Waals surface area contributed by atoms with Crippen LogP contribution in [0.3, 0.4) is 0 Å². The van der Waals surface area contributed by atoms with Crippen LogP contribution in [0.1, 0.15) is 23.2 Å². The molecule has 2 rings (SSSR count). The third-order valence-electron chi connectivity index (χ3n) is 3.23. The number of halogens is 2. The number of amides is 1. The Morgan fingerprint density at radius 1 is 1.58 bits per heavy atom. The van der Waals surface area contributed by atoms with Gasteiger partial charge in [-0.05, 0) is 30.9 Å². The summed E-state index contributed by atoms with van der Waals surface area (Å²) in [4.78, 5) is 13.3. The molecule has 0 bridgehead atoms. The molecule has 1 aliphatic rings. The summed E-state index contributed by atoms with van der Waals surface area (Å²) in [7, 11) is 1.49. The zero-order valence-electron chi connectivity index (χ0n) is 10.4. The summed E-state index contributed by atoms with van der Waals surface area (Å²) >= 11 is 5.62. The minimum atomic E-state index is -0.692. The predicted molar refractivity (Wildman–Crippen MR) is 68.8 cm³/mol. The third-order valence-corrected chi connectivity index (χ3v) is 3.52. The van der Waals surface area contributed by atoms with Crippen LogP contribution >= 0.6 is 11.6 Å². The molecule has 0 spiro atoms. The fraction of sp³-hybridized carbons (Fsp3) is 0.462. The smallest absolute Gasteiger partial charge is 0.257 e. The van der Waals surface area contributed by atoms with E-state index in [4.69, 9.17) is 11.6 Å². The second-order valence-electron chi connectivity index (χ2n) is 4.87. The van der Waals surface area contributed by atoms with E-state index in [1.165, 1.54) is 11.9 Å². The molecular weight excluding hydrogens is 273 g/mol. The number of benzene rings is 1. The van der Waals surface area contributed by atoms with Crippen molar-refractivity contribution in [3.63, 3.8) is 0 Å². The molecule has 19 heavy (non-hydrogen) atoms. The lowest BCUT2D eigenvalue weighted by molar-refractivity contribution is 0.0642. The Bertz CT molecular complexity index is 505. The zero-order chi connectivity index (χ0) is 14.2. The van der Waals surface area contributed by atoms with Crippen molar-refractivity contribution in [2.45, 2.75) is 18.9 Å². The van der Waals surface area contributed by atoms with Gasteiger partial charge < -0.3 is 15.1 Å². The maximum absolute atomic E-state index is 13.2. The summed E-state index contributed by atoms with van der Waals surface area (Å²) in [6.07, 6.45) is 1.33. The predicted octanol–water partition coefficient (Wildman–Crippen LogP) is 2.03. The van der Waals surface area contributed by atoms with Crippen LogP contribution in [0.4, 0.5) is 4.39 Å². The molecule has 1 aromatic rings. The van der Waals surface area contributed by atoms with Crippen molar-refractivity contribution in [1.29, 1.82) is 0 Å². The van der Waals surface area contributed by atoms with E-state index >= 15 is 0 Å². The minimum Gasteiger partial charge on any atom is -0.506 e. The molecule has 2 N–H and O–H groups in total. The summed E-state index contributed by atoms with van der Waals surface area (Å²) in [5.41, 5.74) is -0.199. The number of carbonyl (C=O) groups is 1. The van der Waals surface area contributed by atoms with Gasteiger partial charge in [0.15, 0.2) is 0 Å². The van der Waals surface area contributed by atoms with Gasteiger partial charge >= 0.3 is 0 Å². The average Bonchev–Trinajstić information content (AvgIpc) is 3.16. The second kappa shape index (κ2) is 5.35. The first kappa shape index (κ1) is 14.1. The summed E-state index contributed by atoms with van der Waals surface area (Å²) in [6, 6.07) is 1.87. The maximum Gasteiger partial charge on any atom is 0.257 e. The van der Waals surface area contributed by atoms with E-state index in [9.17, 15) is 19.4 Å². The van der Waals surface area contributed by atoms with Crippen LogP contribution in [0.2, 0.25) is 5.02 Å². The lowest BCUT2D eigenvalue weighted by Gasteiger charge is -2.21. The van der Waals surface area contributed by atoms with Crippen LogP contribution in [0.5, 0.6) is 5.75 Å². The van der Waals surface area contributed by atoms with Gasteiger partial charge in [0.2, 0.25) is 0 Å². The van der Waals surface area contributed by atoms with Crippen LogP contribution in [0.25, 0.3) is 0 Å². The van der Waals surface area contributed by atoms with Crippen molar-refractivity contribution in [2.75, 3.05) is 13.6 Å². The number of aromatic hydroxyl groups is 1. The van der Waals surface area contributed by atoms with E-state index in [0.717, 1.165) is 25.0 Å². The number of aliphatic hydroxyl groups is 1. The van der Waals surface area contributed by atoms with E-state index in [-0.39, 0.29) is 23.0 Å². The molecule has 0 saturated heterocycles. The highest BCUT2D eigenvalue weighted by Crippen LogP contribution is 2.33. The molecule has 104 valence electrons. The number of carbonyl (C=O) groups excluding carboxylic acids is 1. The quantitative estimate of drug-likeness (QED) is 0.891. The molecular formula is C13H15ClFNO3. The minimum absolute atomic E-state index is 0.150. The standard InChI is InChI=1S/C13H15ClFNO3/c1-16(6-11(17)7-2-3-7)13(19)9-4-8(15)5-10(14)12(9)18/h4-5,7,11,17-18H,2-3,6H2,1H3. The van der Waals surface area contributed by atoms with E-state index in [1.807, 2.05) is 0 Å². The van der Waals surface area contributed by atoms with E-state index < -0.39 is 23.6 Å². The first-order valence-electron chi connectivity index (χ1n) is 6.01. The molecule has 6 heteroatoms. The van der Waals surface area contributed by atoms with Gasteiger partial charge in [0, 0.05) is 13.6 Å². The molecule has 4 nitrogen and oxygen atoms in total. The van der Waals surface area contributed by atoms with Crippen molar-refractivity contribution in [3.05, 3.63) is 28.5 Å². The molecule has 1 atom stereocenters. The molecule has 0 heterocycles. The molecule has 0 radical (unpaired) electrons. The Morgan fingerprint density at radius 2 is 2.21 bits per heavy atom. The largest absolute Gasteiger partial charge is 0.506 e. The van der Waals surface area contributed by atoms with Crippen molar-refractivity contribution in [2.24, 2.45) is 5.92 Å². The Hall–Kier alpha value is -1.33. The fourth-order valence-corrected chi connectivity index (χ4v) is 2.13. The number of phenols is 1. The Morgan fingerprint density at radius 3 is 2.79 bits per heavy atom. The number of nitrogens with zero attached hydrogens (tertiary/aromatic N) is 1. The van der Waals surface area contributed by atoms with Crippen molar-refractivity contribution in [3.8, 4) is 5.75 Å². The first-order chi connectivity index (χ1) is 8.90. The van der Waals surface area contributed by atoms with Crippen LogP contribution < -0.4 is 0 Å². The topological polar surface area (TPSA) is 60.8 Å². The van der Waals surface area contributed by atoms with Crippen LogP contribution in [0.15, 0.2) is 12.1 Å². The normalized spacial score (nSPS) is 16.2. The van der Waals surface area contributed by atoms with Gasteiger partial charge in [-0.3, -0.25) is 4.79 Å². The summed E-state index contributed by atoms with van der Waals surface area (Å²) in [5.74, 6) is -1.47. The van der Waals surface area contributed by atoms with Crippen LogP contribution in [0, 0.1) is 11.7 Å². The number of hydrogen-bond donors (Lipinski definition) is 2. The lowest BCUT2D eigenvalue weighted by atomic mass is 10.1. The van der Waals surface area contributed by atoms with Crippen molar-refractivity contribution in [1.82, 2.24) is 4.90 Å². The van der Waals surface area contributed by atoms with Gasteiger partial charge in [0.05, 0.1) is 16.7 Å². The Balaban J connectivity index is 2.14. The summed E-state index contributed by atoms with van der Waals surface area (Å²) in [5, 5.41) is 19.3. The number of hydrogen-bond acceptors (Lipinski definition) is 3. The lowest BCUT2D eigenvalue weighted by Crippen LogP contribution is -2.35. The number of phenolic OH excluding ortho intramolecular Hbond substituents is 1. The van der Waals surface area contributed by atoms with Gasteiger partial charge in [-0.2, -0.15) is 0 Å². The second-order valence-corrected chi connectivity index (χ2v) is 5.28. The van der Waals surface area contributed by atoms with Crippen molar-refractivity contribution < 1.29 is 19.4 Å². The molecule has 1 saturated carbocycles. The highest BCUT2D eigenvalue weighted by Gasteiger charge is 2.31. The highest BCUT2D eigenvalue weighted by molar-refractivity contribution is 6.32. The van der Waals surface area contributed by atoms with Gasteiger partial charge in [0.25, 0.3) is 5.91 Å². The Labute approximate surface area is 115 Å². The molecule has 0 aliphatic heterocycles.